The number of carbonyl (C=O) groups excluding carboxylic acids is 1. The molecule has 38 heavy (non-hydrogen) atoms. The summed E-state index contributed by atoms with van der Waals surface area (Å²) in [5, 5.41) is 14.7. The van der Waals surface area contributed by atoms with E-state index in [-0.39, 0.29) is 25.1 Å². The SMILES string of the molecule is C.O=C(CCN1CCN(c2cccc(Cl)c2)CC1)N1CCC(Nc2ccc([N+](=O)[O-])c(C(F)(F)F)c2)CC1. The number of amides is 1. The van der Waals surface area contributed by atoms with E-state index in [0.29, 0.717) is 43.9 Å². The first kappa shape index (κ1) is 29.5. The molecule has 0 unspecified atom stereocenters. The molecule has 2 heterocycles. The fourth-order valence-corrected chi connectivity index (χ4v) is 5.02. The van der Waals surface area contributed by atoms with Crippen LogP contribution in [-0.2, 0) is 11.0 Å². The molecule has 2 saturated heterocycles. The summed E-state index contributed by atoms with van der Waals surface area (Å²) < 4.78 is 39.7. The lowest BCUT2D eigenvalue weighted by atomic mass is 10.0. The Labute approximate surface area is 225 Å². The Hall–Kier alpha value is -3.05. The highest BCUT2D eigenvalue weighted by molar-refractivity contribution is 6.30. The zero-order valence-electron chi connectivity index (χ0n) is 20.2. The average Bonchev–Trinajstić information content (AvgIpc) is 2.87. The highest BCUT2D eigenvalue weighted by Crippen LogP contribution is 2.38. The maximum atomic E-state index is 13.2. The molecule has 2 aliphatic heterocycles. The number of piperidine rings is 1. The van der Waals surface area contributed by atoms with Crippen LogP contribution in [0.15, 0.2) is 42.5 Å². The van der Waals surface area contributed by atoms with Crippen LogP contribution in [0, 0.1) is 10.1 Å². The van der Waals surface area contributed by atoms with E-state index in [1.54, 1.807) is 4.90 Å². The van der Waals surface area contributed by atoms with E-state index in [9.17, 15) is 28.1 Å². The van der Waals surface area contributed by atoms with Gasteiger partial charge in [0.2, 0.25) is 5.91 Å². The molecule has 0 spiro atoms. The molecule has 2 aliphatic rings. The molecule has 0 radical (unpaired) electrons. The molecule has 0 saturated carbocycles. The smallest absolute Gasteiger partial charge is 0.382 e. The first-order chi connectivity index (χ1) is 17.6. The van der Waals surface area contributed by atoms with E-state index < -0.39 is 22.4 Å². The zero-order chi connectivity index (χ0) is 26.6. The molecule has 2 aromatic carbocycles. The normalized spacial score (nSPS) is 17.2. The van der Waals surface area contributed by atoms with Crippen molar-refractivity contribution in [2.75, 3.05) is 56.0 Å². The lowest BCUT2D eigenvalue weighted by Gasteiger charge is -2.37. The van der Waals surface area contributed by atoms with Crippen molar-refractivity contribution in [3.05, 3.63) is 63.2 Å². The third-order valence-electron chi connectivity index (χ3n) is 6.90. The van der Waals surface area contributed by atoms with E-state index >= 15 is 0 Å². The Morgan fingerprint density at radius 1 is 1.05 bits per heavy atom. The van der Waals surface area contributed by atoms with Crippen LogP contribution < -0.4 is 10.2 Å². The van der Waals surface area contributed by atoms with Gasteiger partial charge >= 0.3 is 6.18 Å². The van der Waals surface area contributed by atoms with Gasteiger partial charge in [-0.15, -0.1) is 0 Å². The summed E-state index contributed by atoms with van der Waals surface area (Å²) in [5.41, 5.74) is -0.962. The summed E-state index contributed by atoms with van der Waals surface area (Å²) >= 11 is 6.09. The summed E-state index contributed by atoms with van der Waals surface area (Å²) in [5.74, 6) is 0.0745. The van der Waals surface area contributed by atoms with Crippen molar-refractivity contribution in [2.45, 2.75) is 38.9 Å². The highest BCUT2D eigenvalue weighted by atomic mass is 35.5. The predicted molar refractivity (Wildman–Crippen MR) is 143 cm³/mol. The van der Waals surface area contributed by atoms with Crippen molar-refractivity contribution in [2.24, 2.45) is 0 Å². The van der Waals surface area contributed by atoms with Crippen molar-refractivity contribution < 1.29 is 22.9 Å². The maximum absolute atomic E-state index is 13.2. The van der Waals surface area contributed by atoms with Gasteiger partial charge in [-0.25, -0.2) is 0 Å². The second-order valence-corrected chi connectivity index (χ2v) is 9.78. The van der Waals surface area contributed by atoms with Gasteiger partial charge in [0.25, 0.3) is 5.69 Å². The number of anilines is 2. The van der Waals surface area contributed by atoms with Crippen LogP contribution >= 0.6 is 11.6 Å². The van der Waals surface area contributed by atoms with Crippen LogP contribution in [-0.4, -0.2) is 72.5 Å². The summed E-state index contributed by atoms with van der Waals surface area (Å²) in [4.78, 5) is 29.0. The summed E-state index contributed by atoms with van der Waals surface area (Å²) in [6.07, 6.45) is -3.23. The number of nitrogens with one attached hydrogen (secondary N) is 1. The van der Waals surface area contributed by atoms with E-state index in [0.717, 1.165) is 44.0 Å². The number of nitro benzene ring substituents is 1. The number of piperazine rings is 1. The summed E-state index contributed by atoms with van der Waals surface area (Å²) in [6.45, 7) is 5.16. The van der Waals surface area contributed by atoms with Crippen LogP contribution in [0.1, 0.15) is 32.3 Å². The monoisotopic (exact) mass is 555 g/mol. The van der Waals surface area contributed by atoms with Crippen molar-refractivity contribution in [1.82, 2.24) is 9.80 Å². The third-order valence-corrected chi connectivity index (χ3v) is 7.14. The average molecular weight is 556 g/mol. The number of rotatable bonds is 7. The molecule has 0 aliphatic carbocycles. The molecule has 1 N–H and O–H groups in total. The number of nitro groups is 1. The molecule has 208 valence electrons. The lowest BCUT2D eigenvalue weighted by Crippen LogP contribution is -2.48. The number of alkyl halides is 3. The first-order valence-corrected chi connectivity index (χ1v) is 12.6. The minimum atomic E-state index is -4.82. The topological polar surface area (TPSA) is 82.0 Å². The number of likely N-dealkylation sites (tertiary alicyclic amines) is 1. The van der Waals surface area contributed by atoms with Gasteiger partial charge in [-0.2, -0.15) is 13.2 Å². The van der Waals surface area contributed by atoms with Crippen molar-refractivity contribution in [3.8, 4) is 0 Å². The van der Waals surface area contributed by atoms with Gasteiger partial charge in [-0.3, -0.25) is 19.8 Å². The molecule has 0 aromatic heterocycles. The molecule has 1 amide bonds. The van der Waals surface area contributed by atoms with E-state index in [4.69, 9.17) is 11.6 Å². The van der Waals surface area contributed by atoms with Crippen LogP contribution in [0.25, 0.3) is 0 Å². The standard InChI is InChI=1S/C25H29ClF3N5O3.CH4/c26-18-2-1-3-21(16-18)32-14-12-31(13-15-32)9-8-24(35)33-10-6-19(7-11-33)30-20-4-5-23(34(36)37)22(17-20)25(27,28)29;/h1-5,16-17,19,30H,6-15H2;1H4. The maximum Gasteiger partial charge on any atom is 0.423 e. The van der Waals surface area contributed by atoms with Crippen molar-refractivity contribution in [1.29, 1.82) is 0 Å². The van der Waals surface area contributed by atoms with E-state index in [1.807, 2.05) is 24.3 Å². The van der Waals surface area contributed by atoms with Gasteiger partial charge in [-0.05, 0) is 43.2 Å². The van der Waals surface area contributed by atoms with E-state index in [1.165, 1.54) is 6.07 Å². The third kappa shape index (κ3) is 7.50. The molecule has 2 fully saturated rings. The molecule has 4 rings (SSSR count). The quantitative estimate of drug-likeness (QED) is 0.358. The largest absolute Gasteiger partial charge is 0.423 e. The fraction of sp³-hybridized carbons (Fsp3) is 0.500. The fourth-order valence-electron chi connectivity index (χ4n) is 4.84. The first-order valence-electron chi connectivity index (χ1n) is 12.2. The lowest BCUT2D eigenvalue weighted by molar-refractivity contribution is -0.388. The van der Waals surface area contributed by atoms with Crippen LogP contribution in [0.2, 0.25) is 5.02 Å². The van der Waals surface area contributed by atoms with Gasteiger partial charge in [0.05, 0.1) is 4.92 Å². The number of hydrogen-bond donors (Lipinski definition) is 1. The number of carbonyl (C=O) groups is 1. The second-order valence-electron chi connectivity index (χ2n) is 9.34. The number of nitrogens with zero attached hydrogens (tertiary/aromatic N) is 4. The minimum absolute atomic E-state index is 0. The Kier molecular flexibility index (Phi) is 9.83. The Morgan fingerprint density at radius 3 is 2.34 bits per heavy atom. The molecule has 0 atom stereocenters. The van der Waals surface area contributed by atoms with Crippen LogP contribution in [0.4, 0.5) is 30.2 Å². The number of benzene rings is 2. The zero-order valence-corrected chi connectivity index (χ0v) is 21.0. The summed E-state index contributed by atoms with van der Waals surface area (Å²) in [7, 11) is 0. The molecular formula is C26H33ClF3N5O3. The highest BCUT2D eigenvalue weighted by Gasteiger charge is 2.38. The number of halogens is 4. The van der Waals surface area contributed by atoms with Crippen molar-refractivity contribution >= 4 is 34.6 Å². The molecular weight excluding hydrogens is 523 g/mol. The molecule has 12 heteroatoms. The van der Waals surface area contributed by atoms with E-state index in [2.05, 4.69) is 15.1 Å². The Balaban J connectivity index is 0.00000400. The Bertz CT molecular complexity index is 1120. The van der Waals surface area contributed by atoms with Gasteiger partial charge in [0.15, 0.2) is 0 Å². The van der Waals surface area contributed by atoms with Gasteiger partial charge < -0.3 is 15.1 Å². The van der Waals surface area contributed by atoms with Gasteiger partial charge in [0, 0.05) is 80.7 Å². The molecule has 2 aromatic rings. The second kappa shape index (κ2) is 12.7. The van der Waals surface area contributed by atoms with Gasteiger partial charge in [0.1, 0.15) is 5.56 Å². The minimum Gasteiger partial charge on any atom is -0.382 e. The Morgan fingerprint density at radius 2 is 1.74 bits per heavy atom. The van der Waals surface area contributed by atoms with Crippen LogP contribution in [0.5, 0.6) is 0 Å². The van der Waals surface area contributed by atoms with Gasteiger partial charge in [-0.1, -0.05) is 25.1 Å². The van der Waals surface area contributed by atoms with Crippen LogP contribution in [0.3, 0.4) is 0 Å². The summed E-state index contributed by atoms with van der Waals surface area (Å²) in [6, 6.07) is 10.6. The van der Waals surface area contributed by atoms with Crippen molar-refractivity contribution in [3.63, 3.8) is 0 Å². The molecule has 8 nitrogen and oxygen atoms in total. The molecule has 0 bridgehead atoms. The number of hydrogen-bond acceptors (Lipinski definition) is 6. The predicted octanol–water partition coefficient (Wildman–Crippen LogP) is 5.52.